The van der Waals surface area contributed by atoms with Crippen molar-refractivity contribution < 1.29 is 39.5 Å². The Morgan fingerprint density at radius 3 is 2.41 bits per heavy atom. The standard InChI is InChI=1S/C22H19ClF6N4O3S/c1-2-33-18(36-19-16(23)9-15(11-30-19)22(27,28)29)10-17(31-33)13-4-3-5-14(8-13)20(6-7-20)32-37(34,35)12-21(24,25)26/h3-5,8-11,32H,2,6-7,12H2,1H3. The molecule has 1 saturated carbocycles. The predicted octanol–water partition coefficient (Wildman–Crippen LogP) is 5.90. The number of sulfonamides is 1. The maximum atomic E-state index is 12.9. The summed E-state index contributed by atoms with van der Waals surface area (Å²) in [5.41, 5.74) is -0.828. The van der Waals surface area contributed by atoms with Crippen molar-refractivity contribution >= 4 is 21.6 Å². The molecule has 0 bridgehead atoms. The highest BCUT2D eigenvalue weighted by molar-refractivity contribution is 7.89. The molecule has 2 heterocycles. The van der Waals surface area contributed by atoms with E-state index in [-0.39, 0.29) is 16.8 Å². The lowest BCUT2D eigenvalue weighted by Crippen LogP contribution is -2.40. The van der Waals surface area contributed by atoms with Gasteiger partial charge in [0.25, 0.3) is 0 Å². The van der Waals surface area contributed by atoms with Crippen LogP contribution in [0.4, 0.5) is 26.3 Å². The zero-order chi connectivity index (χ0) is 27.2. The van der Waals surface area contributed by atoms with Crippen molar-refractivity contribution in [3.63, 3.8) is 0 Å². The molecule has 2 aromatic heterocycles. The van der Waals surface area contributed by atoms with Crippen LogP contribution in [0.15, 0.2) is 42.6 Å². The van der Waals surface area contributed by atoms with Crippen LogP contribution >= 0.6 is 11.6 Å². The molecule has 0 unspecified atom stereocenters. The van der Waals surface area contributed by atoms with Gasteiger partial charge >= 0.3 is 12.4 Å². The smallest absolute Gasteiger partial charge is 0.417 e. The number of benzene rings is 1. The second kappa shape index (κ2) is 9.48. The van der Waals surface area contributed by atoms with Crippen molar-refractivity contribution in [2.45, 2.75) is 44.2 Å². The summed E-state index contributed by atoms with van der Waals surface area (Å²) < 4.78 is 110. The molecule has 0 aliphatic heterocycles. The summed E-state index contributed by atoms with van der Waals surface area (Å²) >= 11 is 5.93. The molecule has 1 fully saturated rings. The molecule has 200 valence electrons. The predicted molar refractivity (Wildman–Crippen MR) is 122 cm³/mol. The Bertz CT molecular complexity index is 1420. The summed E-state index contributed by atoms with van der Waals surface area (Å²) in [4.78, 5) is 3.65. The molecule has 1 N–H and O–H groups in total. The first-order valence-corrected chi connectivity index (χ1v) is 12.8. The van der Waals surface area contributed by atoms with E-state index >= 15 is 0 Å². The summed E-state index contributed by atoms with van der Waals surface area (Å²) in [7, 11) is -4.62. The maximum Gasteiger partial charge on any atom is 0.417 e. The molecule has 0 spiro atoms. The lowest BCUT2D eigenvalue weighted by molar-refractivity contribution is -0.137. The van der Waals surface area contributed by atoms with Crippen molar-refractivity contribution in [2.75, 3.05) is 5.75 Å². The third-order valence-electron chi connectivity index (χ3n) is 5.54. The fourth-order valence-electron chi connectivity index (χ4n) is 3.70. The quantitative estimate of drug-likeness (QED) is 0.342. The molecule has 1 aromatic carbocycles. The van der Waals surface area contributed by atoms with Gasteiger partial charge in [-0.3, -0.25) is 0 Å². The van der Waals surface area contributed by atoms with Crippen LogP contribution in [0.25, 0.3) is 11.3 Å². The van der Waals surface area contributed by atoms with Gasteiger partial charge in [0.15, 0.2) is 5.75 Å². The van der Waals surface area contributed by atoms with Gasteiger partial charge in [0.2, 0.25) is 21.8 Å². The third kappa shape index (κ3) is 6.36. The van der Waals surface area contributed by atoms with E-state index in [0.717, 1.165) is 0 Å². The second-order valence-corrected chi connectivity index (χ2v) is 10.6. The zero-order valence-corrected chi connectivity index (χ0v) is 20.6. The monoisotopic (exact) mass is 568 g/mol. The van der Waals surface area contributed by atoms with Crippen molar-refractivity contribution in [3.05, 3.63) is 58.7 Å². The van der Waals surface area contributed by atoms with Gasteiger partial charge in [-0.05, 0) is 37.5 Å². The number of aryl methyl sites for hydroxylation is 1. The molecule has 1 aliphatic carbocycles. The van der Waals surface area contributed by atoms with E-state index in [1.807, 2.05) is 0 Å². The highest BCUT2D eigenvalue weighted by Gasteiger charge is 2.49. The van der Waals surface area contributed by atoms with Gasteiger partial charge in [0.05, 0.1) is 16.8 Å². The van der Waals surface area contributed by atoms with Crippen LogP contribution < -0.4 is 9.46 Å². The number of rotatable bonds is 8. The molecule has 3 aromatic rings. The van der Waals surface area contributed by atoms with E-state index in [2.05, 4.69) is 14.8 Å². The van der Waals surface area contributed by atoms with Gasteiger partial charge in [-0.2, -0.15) is 31.4 Å². The van der Waals surface area contributed by atoms with Gasteiger partial charge in [-0.15, -0.1) is 0 Å². The molecule has 0 radical (unpaired) electrons. The Morgan fingerprint density at radius 2 is 1.84 bits per heavy atom. The number of ether oxygens (including phenoxy) is 1. The first-order chi connectivity index (χ1) is 17.1. The van der Waals surface area contributed by atoms with Crippen LogP contribution in [-0.4, -0.2) is 35.1 Å². The maximum absolute atomic E-state index is 12.9. The van der Waals surface area contributed by atoms with Crippen molar-refractivity contribution in [2.24, 2.45) is 0 Å². The van der Waals surface area contributed by atoms with Gasteiger partial charge in [-0.25, -0.2) is 22.8 Å². The van der Waals surface area contributed by atoms with Crippen LogP contribution in [-0.2, 0) is 28.3 Å². The molecule has 7 nitrogen and oxygen atoms in total. The first kappa shape index (κ1) is 27.2. The number of hydrogen-bond donors (Lipinski definition) is 1. The minimum Gasteiger partial charge on any atom is -0.419 e. The van der Waals surface area contributed by atoms with E-state index < -0.39 is 39.2 Å². The summed E-state index contributed by atoms with van der Waals surface area (Å²) in [5, 5.41) is 4.04. The minimum absolute atomic E-state index is 0.129. The molecular formula is C22H19ClF6N4O3S. The van der Waals surface area contributed by atoms with Crippen LogP contribution in [0.2, 0.25) is 5.02 Å². The van der Waals surface area contributed by atoms with E-state index in [4.69, 9.17) is 16.3 Å². The Morgan fingerprint density at radius 1 is 1.14 bits per heavy atom. The Balaban J connectivity index is 1.60. The Kier molecular flexibility index (Phi) is 6.97. The molecule has 4 rings (SSSR count). The van der Waals surface area contributed by atoms with Crippen molar-refractivity contribution in [1.82, 2.24) is 19.5 Å². The average molecular weight is 569 g/mol. The normalized spacial score (nSPS) is 15.6. The average Bonchev–Trinajstić information content (AvgIpc) is 3.42. The largest absolute Gasteiger partial charge is 0.419 e. The van der Waals surface area contributed by atoms with Crippen LogP contribution in [0.5, 0.6) is 11.8 Å². The summed E-state index contributed by atoms with van der Waals surface area (Å²) in [6.45, 7) is 2.06. The number of halogens is 7. The zero-order valence-electron chi connectivity index (χ0n) is 19.0. The number of hydrogen-bond acceptors (Lipinski definition) is 5. The summed E-state index contributed by atoms with van der Waals surface area (Å²) in [6, 6.07) is 8.68. The lowest BCUT2D eigenvalue weighted by atomic mass is 10.0. The first-order valence-electron chi connectivity index (χ1n) is 10.8. The van der Waals surface area contributed by atoms with E-state index in [1.165, 1.54) is 10.7 Å². The second-order valence-electron chi connectivity index (χ2n) is 8.43. The molecule has 15 heteroatoms. The van der Waals surface area contributed by atoms with Crippen molar-refractivity contribution in [1.29, 1.82) is 0 Å². The molecule has 0 amide bonds. The van der Waals surface area contributed by atoms with Crippen LogP contribution in [0.1, 0.15) is 30.9 Å². The minimum atomic E-state index is -4.88. The van der Waals surface area contributed by atoms with Crippen molar-refractivity contribution in [3.8, 4) is 23.0 Å². The molecule has 1 aliphatic rings. The number of nitrogens with one attached hydrogen (secondary N) is 1. The Hall–Kier alpha value is -2.84. The highest BCUT2D eigenvalue weighted by Crippen LogP contribution is 2.47. The molecule has 0 atom stereocenters. The van der Waals surface area contributed by atoms with E-state index in [9.17, 15) is 34.8 Å². The topological polar surface area (TPSA) is 86.1 Å². The number of alkyl halides is 6. The summed E-state index contributed by atoms with van der Waals surface area (Å²) in [6.07, 6.45) is -8.27. The van der Waals surface area contributed by atoms with E-state index in [1.54, 1.807) is 31.2 Å². The van der Waals surface area contributed by atoms with E-state index in [0.29, 0.717) is 48.5 Å². The number of nitrogens with zero attached hydrogens (tertiary/aromatic N) is 3. The van der Waals surface area contributed by atoms with Gasteiger partial charge in [-0.1, -0.05) is 29.8 Å². The lowest BCUT2D eigenvalue weighted by Gasteiger charge is -2.19. The number of aromatic nitrogens is 3. The third-order valence-corrected chi connectivity index (χ3v) is 7.22. The fraction of sp³-hybridized carbons (Fsp3) is 0.364. The Labute approximate surface area is 212 Å². The molecular weight excluding hydrogens is 550 g/mol. The number of pyridine rings is 1. The fourth-order valence-corrected chi connectivity index (χ4v) is 5.33. The highest BCUT2D eigenvalue weighted by atomic mass is 35.5. The molecule has 0 saturated heterocycles. The van der Waals surface area contributed by atoms with Gasteiger partial charge < -0.3 is 4.74 Å². The summed E-state index contributed by atoms with van der Waals surface area (Å²) in [5.74, 6) is -2.12. The van der Waals surface area contributed by atoms with Gasteiger partial charge in [0.1, 0.15) is 5.02 Å². The van der Waals surface area contributed by atoms with Crippen LogP contribution in [0, 0.1) is 0 Å². The van der Waals surface area contributed by atoms with Crippen LogP contribution in [0.3, 0.4) is 0 Å². The molecule has 37 heavy (non-hydrogen) atoms. The van der Waals surface area contributed by atoms with Gasteiger partial charge in [0, 0.05) is 24.4 Å². The SMILES string of the molecule is CCn1nc(-c2cccc(C3(NS(=O)(=O)CC(F)(F)F)CC3)c2)cc1Oc1ncc(C(F)(F)F)cc1Cl.